The molecule has 0 aliphatic carbocycles. The summed E-state index contributed by atoms with van der Waals surface area (Å²) < 4.78 is 10.2. The minimum Gasteiger partial charge on any atom is -0.497 e. The van der Waals surface area contributed by atoms with Gasteiger partial charge in [0.1, 0.15) is 11.5 Å². The van der Waals surface area contributed by atoms with Gasteiger partial charge in [0.2, 0.25) is 11.8 Å². The maximum Gasteiger partial charge on any atom is 0.229 e. The Labute approximate surface area is 139 Å². The number of benzene rings is 1. The van der Waals surface area contributed by atoms with Gasteiger partial charge in [-0.05, 0) is 19.1 Å². The van der Waals surface area contributed by atoms with Gasteiger partial charge in [-0.15, -0.1) is 0 Å². The Kier molecular flexibility index (Phi) is 4.50. The lowest BCUT2D eigenvalue weighted by Gasteiger charge is -2.17. The van der Waals surface area contributed by atoms with E-state index in [4.69, 9.17) is 9.26 Å². The number of aromatic nitrogens is 1. The molecule has 7 heteroatoms. The maximum absolute atomic E-state index is 12.2. The molecule has 2 amide bonds. The fraction of sp³-hybridized carbons (Fsp3) is 0.353. The van der Waals surface area contributed by atoms with E-state index in [9.17, 15) is 9.59 Å². The summed E-state index contributed by atoms with van der Waals surface area (Å²) in [6, 6.07) is 8.81. The number of ether oxygens (including phenoxy) is 1. The summed E-state index contributed by atoms with van der Waals surface area (Å²) in [5.74, 6) is 0.993. The van der Waals surface area contributed by atoms with Crippen molar-refractivity contribution in [2.45, 2.75) is 25.8 Å². The van der Waals surface area contributed by atoms with Gasteiger partial charge in [0.15, 0.2) is 0 Å². The lowest BCUT2D eigenvalue weighted by atomic mass is 10.2. The van der Waals surface area contributed by atoms with Crippen LogP contribution in [0, 0.1) is 6.92 Å². The van der Waals surface area contributed by atoms with Crippen LogP contribution in [0.15, 0.2) is 34.9 Å². The quantitative estimate of drug-likeness (QED) is 0.897. The van der Waals surface area contributed by atoms with Crippen LogP contribution in [-0.2, 0) is 16.0 Å². The first kappa shape index (κ1) is 16.0. The number of hydrogen-bond acceptors (Lipinski definition) is 5. The van der Waals surface area contributed by atoms with Crippen molar-refractivity contribution < 1.29 is 18.8 Å². The number of carbonyl (C=O) groups is 2. The van der Waals surface area contributed by atoms with E-state index < -0.39 is 0 Å². The van der Waals surface area contributed by atoms with E-state index in [1.54, 1.807) is 31.1 Å². The smallest absolute Gasteiger partial charge is 0.229 e. The lowest BCUT2D eigenvalue weighted by Crippen LogP contribution is -2.37. The zero-order valence-electron chi connectivity index (χ0n) is 13.6. The molecule has 2 heterocycles. The number of hydrogen-bond donors (Lipinski definition) is 1. The summed E-state index contributed by atoms with van der Waals surface area (Å²) in [7, 11) is 1.58. The second-order valence-corrected chi connectivity index (χ2v) is 5.79. The third-order valence-electron chi connectivity index (χ3n) is 3.87. The van der Waals surface area contributed by atoms with E-state index in [-0.39, 0.29) is 30.7 Å². The molecule has 1 aliphatic rings. The first-order chi connectivity index (χ1) is 11.5. The van der Waals surface area contributed by atoms with E-state index >= 15 is 0 Å². The number of anilines is 1. The van der Waals surface area contributed by atoms with Crippen LogP contribution in [0.4, 0.5) is 5.69 Å². The topological polar surface area (TPSA) is 84.7 Å². The Morgan fingerprint density at radius 3 is 3.00 bits per heavy atom. The van der Waals surface area contributed by atoms with Crippen molar-refractivity contribution in [2.24, 2.45) is 0 Å². The van der Waals surface area contributed by atoms with Crippen LogP contribution >= 0.6 is 0 Å². The molecule has 126 valence electrons. The Balaban J connectivity index is 1.60. The molecule has 1 fully saturated rings. The van der Waals surface area contributed by atoms with Crippen molar-refractivity contribution in [3.63, 3.8) is 0 Å². The van der Waals surface area contributed by atoms with E-state index in [0.717, 1.165) is 11.4 Å². The van der Waals surface area contributed by atoms with Crippen LogP contribution in [0.1, 0.15) is 17.9 Å². The standard InChI is InChI=1S/C17H19N3O4/c1-11-6-15(24-19-11)9-16(21)18-12-7-17(22)20(10-12)13-4-3-5-14(8-13)23-2/h3-6,8,12H,7,9-10H2,1-2H3,(H,18,21). The van der Waals surface area contributed by atoms with Crippen molar-refractivity contribution in [1.29, 1.82) is 0 Å². The zero-order chi connectivity index (χ0) is 17.1. The van der Waals surface area contributed by atoms with Gasteiger partial charge < -0.3 is 19.5 Å². The average molecular weight is 329 g/mol. The summed E-state index contributed by atoms with van der Waals surface area (Å²) >= 11 is 0. The van der Waals surface area contributed by atoms with E-state index in [1.165, 1.54) is 0 Å². The zero-order valence-corrected chi connectivity index (χ0v) is 13.6. The molecule has 3 rings (SSSR count). The van der Waals surface area contributed by atoms with Gasteiger partial charge in [-0.2, -0.15) is 0 Å². The van der Waals surface area contributed by atoms with Crippen LogP contribution in [0.5, 0.6) is 5.75 Å². The fourth-order valence-electron chi connectivity index (χ4n) is 2.77. The largest absolute Gasteiger partial charge is 0.497 e. The normalized spacial score (nSPS) is 17.2. The van der Waals surface area contributed by atoms with Gasteiger partial charge >= 0.3 is 0 Å². The maximum atomic E-state index is 12.2. The third-order valence-corrected chi connectivity index (χ3v) is 3.87. The summed E-state index contributed by atoms with van der Waals surface area (Å²) in [5.41, 5.74) is 1.50. The number of aryl methyl sites for hydroxylation is 1. The highest BCUT2D eigenvalue weighted by atomic mass is 16.5. The third kappa shape index (κ3) is 3.56. The van der Waals surface area contributed by atoms with Gasteiger partial charge in [0.25, 0.3) is 0 Å². The summed E-state index contributed by atoms with van der Waals surface area (Å²) in [6.45, 7) is 2.24. The molecule has 24 heavy (non-hydrogen) atoms. The van der Waals surface area contributed by atoms with E-state index in [0.29, 0.717) is 18.1 Å². The molecule has 0 radical (unpaired) electrons. The highest BCUT2D eigenvalue weighted by molar-refractivity contribution is 5.97. The summed E-state index contributed by atoms with van der Waals surface area (Å²) in [5, 5.41) is 6.63. The molecule has 0 spiro atoms. The number of carbonyl (C=O) groups excluding carboxylic acids is 2. The highest BCUT2D eigenvalue weighted by Crippen LogP contribution is 2.25. The predicted octanol–water partition coefficient (Wildman–Crippen LogP) is 1.46. The van der Waals surface area contributed by atoms with Crippen molar-refractivity contribution in [2.75, 3.05) is 18.6 Å². The average Bonchev–Trinajstić information content (AvgIpc) is 3.12. The Hall–Kier alpha value is -2.83. The molecule has 1 atom stereocenters. The summed E-state index contributed by atoms with van der Waals surface area (Å²) in [6.07, 6.45) is 0.392. The second-order valence-electron chi connectivity index (χ2n) is 5.79. The Morgan fingerprint density at radius 2 is 2.29 bits per heavy atom. The molecule has 1 aromatic heterocycles. The minimum absolute atomic E-state index is 0.0240. The second kappa shape index (κ2) is 6.74. The molecule has 0 bridgehead atoms. The molecule has 2 aromatic rings. The van der Waals surface area contributed by atoms with E-state index in [2.05, 4.69) is 10.5 Å². The monoisotopic (exact) mass is 329 g/mol. The highest BCUT2D eigenvalue weighted by Gasteiger charge is 2.31. The molecule has 7 nitrogen and oxygen atoms in total. The minimum atomic E-state index is -0.222. The Morgan fingerprint density at radius 1 is 1.46 bits per heavy atom. The van der Waals surface area contributed by atoms with Crippen molar-refractivity contribution in [3.05, 3.63) is 41.8 Å². The number of rotatable bonds is 5. The van der Waals surface area contributed by atoms with Crippen molar-refractivity contribution >= 4 is 17.5 Å². The van der Waals surface area contributed by atoms with Gasteiger partial charge in [-0.3, -0.25) is 9.59 Å². The van der Waals surface area contributed by atoms with Gasteiger partial charge in [0.05, 0.1) is 25.3 Å². The molecule has 1 aliphatic heterocycles. The molecule has 1 N–H and O–H groups in total. The van der Waals surface area contributed by atoms with Gasteiger partial charge in [-0.1, -0.05) is 11.2 Å². The first-order valence-electron chi connectivity index (χ1n) is 7.71. The molecular weight excluding hydrogens is 310 g/mol. The molecular formula is C17H19N3O4. The van der Waals surface area contributed by atoms with Crippen LogP contribution in [-0.4, -0.2) is 36.7 Å². The van der Waals surface area contributed by atoms with Crippen LogP contribution in [0.25, 0.3) is 0 Å². The van der Waals surface area contributed by atoms with Crippen LogP contribution in [0.3, 0.4) is 0 Å². The van der Waals surface area contributed by atoms with Gasteiger partial charge in [0, 0.05) is 30.8 Å². The number of amides is 2. The van der Waals surface area contributed by atoms with Crippen molar-refractivity contribution in [3.8, 4) is 5.75 Å². The fourth-order valence-corrected chi connectivity index (χ4v) is 2.77. The van der Waals surface area contributed by atoms with Crippen LogP contribution < -0.4 is 15.0 Å². The SMILES string of the molecule is COc1cccc(N2CC(NC(=O)Cc3cc(C)no3)CC2=O)c1. The molecule has 1 unspecified atom stereocenters. The molecule has 1 aromatic carbocycles. The van der Waals surface area contributed by atoms with E-state index in [1.807, 2.05) is 18.2 Å². The number of methoxy groups -OCH3 is 1. The number of nitrogens with zero attached hydrogens (tertiary/aromatic N) is 2. The van der Waals surface area contributed by atoms with Gasteiger partial charge in [-0.25, -0.2) is 0 Å². The number of nitrogens with one attached hydrogen (secondary N) is 1. The predicted molar refractivity (Wildman–Crippen MR) is 86.8 cm³/mol. The molecule has 1 saturated heterocycles. The summed E-state index contributed by atoms with van der Waals surface area (Å²) in [4.78, 5) is 26.0. The first-order valence-corrected chi connectivity index (χ1v) is 7.71. The Bertz CT molecular complexity index is 756. The molecule has 0 saturated carbocycles. The van der Waals surface area contributed by atoms with Crippen molar-refractivity contribution in [1.82, 2.24) is 10.5 Å². The van der Waals surface area contributed by atoms with Crippen LogP contribution in [0.2, 0.25) is 0 Å². The lowest BCUT2D eigenvalue weighted by molar-refractivity contribution is -0.121.